The van der Waals surface area contributed by atoms with Crippen molar-refractivity contribution < 1.29 is 9.47 Å². The van der Waals surface area contributed by atoms with Gasteiger partial charge in [-0.25, -0.2) is 0 Å². The van der Waals surface area contributed by atoms with Gasteiger partial charge >= 0.3 is 0 Å². The molecule has 1 saturated carbocycles. The van der Waals surface area contributed by atoms with E-state index in [1.807, 2.05) is 0 Å². The largest absolute Gasteiger partial charge is 0.493 e. The molecule has 0 amide bonds. The maximum Gasteiger partial charge on any atom is 0.161 e. The van der Waals surface area contributed by atoms with Crippen LogP contribution in [0.3, 0.4) is 0 Å². The molecule has 0 saturated heterocycles. The van der Waals surface area contributed by atoms with Crippen LogP contribution in [0.2, 0.25) is 0 Å². The van der Waals surface area contributed by atoms with Crippen LogP contribution in [0.15, 0.2) is 12.1 Å². The number of halogens is 1. The van der Waals surface area contributed by atoms with Crippen LogP contribution in [0, 0.1) is 18.8 Å². The van der Waals surface area contributed by atoms with E-state index in [0.29, 0.717) is 10.7 Å². The molecule has 1 aromatic rings. The molecule has 2 atom stereocenters. The van der Waals surface area contributed by atoms with Crippen molar-refractivity contribution in [2.75, 3.05) is 14.2 Å². The minimum atomic E-state index is 0.393. The maximum atomic E-state index is 5.39. The lowest BCUT2D eigenvalue weighted by Gasteiger charge is -2.21. The zero-order valence-electron chi connectivity index (χ0n) is 11.5. The Morgan fingerprint density at radius 3 is 2.22 bits per heavy atom. The van der Waals surface area contributed by atoms with Crippen molar-refractivity contribution in [3.05, 3.63) is 23.3 Å². The third-order valence-corrected chi connectivity index (χ3v) is 5.22. The lowest BCUT2D eigenvalue weighted by atomic mass is 9.93. The van der Waals surface area contributed by atoms with Gasteiger partial charge in [0.1, 0.15) is 0 Å². The number of methoxy groups -OCH3 is 2. The average molecular weight is 313 g/mol. The molecule has 18 heavy (non-hydrogen) atoms. The van der Waals surface area contributed by atoms with Crippen molar-refractivity contribution in [1.29, 1.82) is 0 Å². The van der Waals surface area contributed by atoms with Crippen LogP contribution in [-0.2, 0) is 0 Å². The van der Waals surface area contributed by atoms with Gasteiger partial charge in [0.15, 0.2) is 11.5 Å². The minimum absolute atomic E-state index is 0.393. The summed E-state index contributed by atoms with van der Waals surface area (Å²) in [5.74, 6) is 3.16. The lowest BCUT2D eigenvalue weighted by molar-refractivity contribution is 0.353. The topological polar surface area (TPSA) is 18.5 Å². The monoisotopic (exact) mass is 312 g/mol. The summed E-state index contributed by atoms with van der Waals surface area (Å²) in [5, 5.41) is 0. The number of aryl methyl sites for hydroxylation is 1. The van der Waals surface area contributed by atoms with Gasteiger partial charge in [0.2, 0.25) is 0 Å². The zero-order chi connectivity index (χ0) is 13.3. The molecule has 0 N–H and O–H groups in total. The molecule has 1 aromatic carbocycles. The molecule has 1 fully saturated rings. The summed E-state index contributed by atoms with van der Waals surface area (Å²) < 4.78 is 10.7. The number of benzene rings is 1. The molecular weight excluding hydrogens is 292 g/mol. The third kappa shape index (κ3) is 2.66. The van der Waals surface area contributed by atoms with Crippen LogP contribution in [0.4, 0.5) is 0 Å². The highest BCUT2D eigenvalue weighted by molar-refractivity contribution is 9.09. The smallest absolute Gasteiger partial charge is 0.161 e. The van der Waals surface area contributed by atoms with Crippen molar-refractivity contribution >= 4 is 15.9 Å². The molecule has 0 bridgehead atoms. The van der Waals surface area contributed by atoms with Crippen molar-refractivity contribution in [3.8, 4) is 11.5 Å². The van der Waals surface area contributed by atoms with Gasteiger partial charge in [-0.1, -0.05) is 22.9 Å². The van der Waals surface area contributed by atoms with Crippen molar-refractivity contribution in [2.45, 2.75) is 31.5 Å². The van der Waals surface area contributed by atoms with E-state index < -0.39 is 0 Å². The number of alkyl halides is 1. The first-order valence-electron chi connectivity index (χ1n) is 6.45. The molecule has 0 aromatic heterocycles. The summed E-state index contributed by atoms with van der Waals surface area (Å²) >= 11 is 3.86. The first-order chi connectivity index (χ1) is 8.58. The predicted octanol–water partition coefficient (Wildman–Crippen LogP) is 4.49. The van der Waals surface area contributed by atoms with Gasteiger partial charge in [-0.2, -0.15) is 0 Å². The fourth-order valence-corrected chi connectivity index (χ4v) is 3.36. The minimum Gasteiger partial charge on any atom is -0.493 e. The summed E-state index contributed by atoms with van der Waals surface area (Å²) in [6.45, 7) is 4.46. The molecule has 0 aliphatic heterocycles. The van der Waals surface area contributed by atoms with Crippen LogP contribution in [0.5, 0.6) is 11.5 Å². The predicted molar refractivity (Wildman–Crippen MR) is 77.8 cm³/mol. The van der Waals surface area contributed by atoms with Crippen molar-refractivity contribution in [2.24, 2.45) is 11.8 Å². The number of rotatable bonds is 5. The molecule has 3 heteroatoms. The zero-order valence-corrected chi connectivity index (χ0v) is 13.1. The maximum absolute atomic E-state index is 5.39. The van der Waals surface area contributed by atoms with Gasteiger partial charge in [0.25, 0.3) is 0 Å². The Kier molecular flexibility index (Phi) is 4.21. The Balaban J connectivity index is 2.31. The molecule has 2 unspecified atom stereocenters. The molecule has 1 aliphatic rings. The number of hydrogen-bond acceptors (Lipinski definition) is 2. The summed E-state index contributed by atoms with van der Waals surface area (Å²) in [5.41, 5.74) is 2.56. The van der Waals surface area contributed by atoms with E-state index in [4.69, 9.17) is 9.47 Å². The van der Waals surface area contributed by atoms with Gasteiger partial charge in [0.05, 0.1) is 14.2 Å². The van der Waals surface area contributed by atoms with Gasteiger partial charge in [-0.3, -0.25) is 0 Å². The SMILES string of the molecule is COc1cc(C)c(C(Br)C(C)C2CC2)cc1OC. The summed E-state index contributed by atoms with van der Waals surface area (Å²) in [6.07, 6.45) is 2.74. The molecular formula is C15H21BrO2. The molecule has 2 rings (SSSR count). The van der Waals surface area contributed by atoms with Crippen LogP contribution in [0.1, 0.15) is 35.7 Å². The Hall–Kier alpha value is -0.700. The van der Waals surface area contributed by atoms with Gasteiger partial charge in [-0.05, 0) is 54.9 Å². The van der Waals surface area contributed by atoms with Crippen LogP contribution >= 0.6 is 15.9 Å². The molecule has 2 nitrogen and oxygen atoms in total. The summed E-state index contributed by atoms with van der Waals surface area (Å²) in [7, 11) is 3.36. The average Bonchev–Trinajstić information content (AvgIpc) is 3.20. The highest BCUT2D eigenvalue weighted by Crippen LogP contribution is 2.48. The van der Waals surface area contributed by atoms with E-state index in [1.54, 1.807) is 14.2 Å². The molecule has 0 radical (unpaired) electrons. The van der Waals surface area contributed by atoms with E-state index in [0.717, 1.165) is 17.4 Å². The van der Waals surface area contributed by atoms with E-state index in [-0.39, 0.29) is 0 Å². The van der Waals surface area contributed by atoms with Gasteiger partial charge in [-0.15, -0.1) is 0 Å². The van der Waals surface area contributed by atoms with Gasteiger partial charge in [0, 0.05) is 4.83 Å². The van der Waals surface area contributed by atoms with E-state index in [9.17, 15) is 0 Å². The second kappa shape index (κ2) is 5.52. The standard InChI is InChI=1S/C15H21BrO2/c1-9-7-13(17-3)14(18-4)8-12(9)15(16)10(2)11-5-6-11/h7-8,10-11,15H,5-6H2,1-4H3. The van der Waals surface area contributed by atoms with Crippen LogP contribution in [-0.4, -0.2) is 14.2 Å². The fourth-order valence-electron chi connectivity index (χ4n) is 2.44. The highest BCUT2D eigenvalue weighted by Gasteiger charge is 2.33. The Morgan fingerprint density at radius 1 is 1.17 bits per heavy atom. The summed E-state index contributed by atoms with van der Waals surface area (Å²) in [6, 6.07) is 4.16. The Morgan fingerprint density at radius 2 is 1.72 bits per heavy atom. The molecule has 0 heterocycles. The Bertz CT molecular complexity index is 427. The molecule has 0 spiro atoms. The van der Waals surface area contributed by atoms with Gasteiger partial charge < -0.3 is 9.47 Å². The van der Waals surface area contributed by atoms with E-state index in [1.165, 1.54) is 24.0 Å². The van der Waals surface area contributed by atoms with E-state index >= 15 is 0 Å². The third-order valence-electron chi connectivity index (χ3n) is 3.90. The first-order valence-corrected chi connectivity index (χ1v) is 7.36. The van der Waals surface area contributed by atoms with Crippen LogP contribution in [0.25, 0.3) is 0 Å². The Labute approximate surface area is 118 Å². The number of ether oxygens (including phenoxy) is 2. The number of hydrogen-bond donors (Lipinski definition) is 0. The van der Waals surface area contributed by atoms with Crippen LogP contribution < -0.4 is 9.47 Å². The van der Waals surface area contributed by atoms with Crippen molar-refractivity contribution in [3.63, 3.8) is 0 Å². The fraction of sp³-hybridized carbons (Fsp3) is 0.600. The lowest BCUT2D eigenvalue weighted by Crippen LogP contribution is -2.08. The second-order valence-electron chi connectivity index (χ2n) is 5.16. The first kappa shape index (κ1) is 13.7. The molecule has 100 valence electrons. The highest BCUT2D eigenvalue weighted by atomic mass is 79.9. The molecule has 1 aliphatic carbocycles. The summed E-state index contributed by atoms with van der Waals surface area (Å²) in [4.78, 5) is 0.393. The normalized spacial score (nSPS) is 18.3. The van der Waals surface area contributed by atoms with E-state index in [2.05, 4.69) is 41.9 Å². The quantitative estimate of drug-likeness (QED) is 0.746. The second-order valence-corrected chi connectivity index (χ2v) is 6.15. The van der Waals surface area contributed by atoms with Crippen molar-refractivity contribution in [1.82, 2.24) is 0 Å².